The number of halogens is 1. The molecule has 0 aromatic heterocycles. The Labute approximate surface area is 150 Å². The number of benzene rings is 1. The monoisotopic (exact) mass is 376 g/mol. The summed E-state index contributed by atoms with van der Waals surface area (Å²) in [5.41, 5.74) is -0.946. The molecule has 1 aliphatic rings. The fraction of sp³-hybridized carbons (Fsp3) is 0.467. The summed E-state index contributed by atoms with van der Waals surface area (Å²) in [6.45, 7) is 3.21. The standard InChI is InChI=1S/C8H8ClNO3.C7H13NO2S/c1-10(13-8(9)11)12-7-5-3-2-4-6-7;1-2-10-7(9)6-5-11-4-3-8-6/h2-6H,1H3;6,8H,2-5H2,1H3. The van der Waals surface area contributed by atoms with Crippen molar-refractivity contribution in [1.29, 1.82) is 0 Å². The van der Waals surface area contributed by atoms with Gasteiger partial charge >= 0.3 is 11.4 Å². The zero-order chi connectivity index (χ0) is 17.8. The van der Waals surface area contributed by atoms with Gasteiger partial charge in [-0.2, -0.15) is 11.8 Å². The second-order valence-electron chi connectivity index (χ2n) is 4.51. The summed E-state index contributed by atoms with van der Waals surface area (Å²) in [4.78, 5) is 30.8. The van der Waals surface area contributed by atoms with Gasteiger partial charge in [0.15, 0.2) is 5.75 Å². The number of hydrogen-bond donors (Lipinski definition) is 1. The first-order valence-electron chi connectivity index (χ1n) is 7.34. The Morgan fingerprint density at radius 1 is 1.38 bits per heavy atom. The lowest BCUT2D eigenvalue weighted by Gasteiger charge is -2.20. The Kier molecular flexibility index (Phi) is 10.3. The van der Waals surface area contributed by atoms with Crippen LogP contribution in [0.5, 0.6) is 5.75 Å². The highest BCUT2D eigenvalue weighted by atomic mass is 35.5. The molecule has 1 aromatic carbocycles. The van der Waals surface area contributed by atoms with Gasteiger partial charge in [0.25, 0.3) is 0 Å². The molecule has 0 radical (unpaired) electrons. The molecule has 1 aromatic rings. The summed E-state index contributed by atoms with van der Waals surface area (Å²) in [6.07, 6.45) is 0. The fourth-order valence-corrected chi connectivity index (χ4v) is 2.72. The molecule has 7 nitrogen and oxygen atoms in total. The summed E-state index contributed by atoms with van der Waals surface area (Å²) in [6, 6.07) is 8.81. The molecule has 24 heavy (non-hydrogen) atoms. The Balaban J connectivity index is 0.000000243. The lowest BCUT2D eigenvalue weighted by Crippen LogP contribution is -2.44. The van der Waals surface area contributed by atoms with Gasteiger partial charge in [0.2, 0.25) is 0 Å². The molecule has 1 atom stereocenters. The van der Waals surface area contributed by atoms with Crippen LogP contribution in [-0.2, 0) is 14.4 Å². The Bertz CT molecular complexity index is 500. The smallest absolute Gasteiger partial charge is 0.425 e. The van der Waals surface area contributed by atoms with Gasteiger partial charge in [0, 0.05) is 34.9 Å². The molecule has 1 fully saturated rings. The number of hydroxylamine groups is 2. The number of nitrogens with zero attached hydrogens (tertiary/aromatic N) is 1. The molecule has 1 saturated heterocycles. The van der Waals surface area contributed by atoms with E-state index in [2.05, 4.69) is 10.2 Å². The number of carbonyl (C=O) groups excluding carboxylic acids is 2. The minimum atomic E-state index is -0.946. The molecular formula is C15H21ClN2O5S. The summed E-state index contributed by atoms with van der Waals surface area (Å²) in [7, 11) is 1.42. The van der Waals surface area contributed by atoms with Gasteiger partial charge in [0.1, 0.15) is 6.04 Å². The molecule has 0 spiro atoms. The van der Waals surface area contributed by atoms with E-state index >= 15 is 0 Å². The van der Waals surface area contributed by atoms with E-state index in [9.17, 15) is 9.59 Å². The van der Waals surface area contributed by atoms with Crippen molar-refractivity contribution in [1.82, 2.24) is 10.5 Å². The predicted octanol–water partition coefficient (Wildman–Crippen LogP) is 2.46. The normalized spacial score (nSPS) is 16.6. The van der Waals surface area contributed by atoms with Gasteiger partial charge in [-0.25, -0.2) is 4.79 Å². The highest BCUT2D eigenvalue weighted by Crippen LogP contribution is 2.10. The molecule has 9 heteroatoms. The van der Waals surface area contributed by atoms with Crippen molar-refractivity contribution >= 4 is 34.8 Å². The van der Waals surface area contributed by atoms with Crippen molar-refractivity contribution in [3.63, 3.8) is 0 Å². The Hall–Kier alpha value is -1.48. The van der Waals surface area contributed by atoms with Gasteiger partial charge in [-0.3, -0.25) is 4.79 Å². The molecule has 0 saturated carbocycles. The molecule has 0 amide bonds. The van der Waals surface area contributed by atoms with Crippen molar-refractivity contribution in [2.45, 2.75) is 13.0 Å². The largest absolute Gasteiger partial charge is 0.465 e. The van der Waals surface area contributed by atoms with Crippen LogP contribution in [0.2, 0.25) is 0 Å². The van der Waals surface area contributed by atoms with Crippen LogP contribution in [0.1, 0.15) is 6.92 Å². The topological polar surface area (TPSA) is 77.1 Å². The number of thioether (sulfide) groups is 1. The first kappa shape index (κ1) is 20.6. The van der Waals surface area contributed by atoms with Gasteiger partial charge in [-0.15, -0.1) is 0 Å². The lowest BCUT2D eigenvalue weighted by atomic mass is 10.3. The zero-order valence-electron chi connectivity index (χ0n) is 13.6. The van der Waals surface area contributed by atoms with Gasteiger partial charge in [-0.1, -0.05) is 18.2 Å². The minimum Gasteiger partial charge on any atom is -0.465 e. The third-order valence-corrected chi connectivity index (χ3v) is 3.80. The van der Waals surface area contributed by atoms with Crippen LogP contribution in [0.3, 0.4) is 0 Å². The van der Waals surface area contributed by atoms with Crippen LogP contribution in [0.25, 0.3) is 0 Å². The molecule has 1 aliphatic heterocycles. The maximum Gasteiger partial charge on any atom is 0.425 e. The van der Waals surface area contributed by atoms with Crippen LogP contribution >= 0.6 is 23.4 Å². The zero-order valence-corrected chi connectivity index (χ0v) is 15.1. The highest BCUT2D eigenvalue weighted by molar-refractivity contribution is 7.99. The minimum absolute atomic E-state index is 0.0753. The summed E-state index contributed by atoms with van der Waals surface area (Å²) < 4.78 is 4.87. The average molecular weight is 377 g/mol. The summed E-state index contributed by atoms with van der Waals surface area (Å²) in [5.74, 6) is 2.39. The molecule has 1 unspecified atom stereocenters. The second-order valence-corrected chi connectivity index (χ2v) is 5.97. The van der Waals surface area contributed by atoms with Gasteiger partial charge in [0.05, 0.1) is 13.7 Å². The first-order valence-corrected chi connectivity index (χ1v) is 8.88. The number of esters is 1. The van der Waals surface area contributed by atoms with Crippen LogP contribution in [0, 0.1) is 0 Å². The van der Waals surface area contributed by atoms with E-state index in [4.69, 9.17) is 21.2 Å². The molecule has 134 valence electrons. The predicted molar refractivity (Wildman–Crippen MR) is 92.9 cm³/mol. The molecule has 2 rings (SSSR count). The molecule has 1 heterocycles. The van der Waals surface area contributed by atoms with E-state index in [1.54, 1.807) is 36.0 Å². The van der Waals surface area contributed by atoms with E-state index in [0.29, 0.717) is 12.4 Å². The number of ether oxygens (including phenoxy) is 1. The Morgan fingerprint density at radius 3 is 2.62 bits per heavy atom. The number of hydrogen-bond acceptors (Lipinski definition) is 8. The lowest BCUT2D eigenvalue weighted by molar-refractivity contribution is -0.253. The average Bonchev–Trinajstić information content (AvgIpc) is 2.56. The number of rotatable bonds is 5. The highest BCUT2D eigenvalue weighted by Gasteiger charge is 2.21. The maximum atomic E-state index is 11.1. The molecule has 1 N–H and O–H groups in total. The van der Waals surface area contributed by atoms with Crippen LogP contribution < -0.4 is 10.2 Å². The summed E-state index contributed by atoms with van der Waals surface area (Å²) >= 11 is 6.75. The quantitative estimate of drug-likeness (QED) is 0.477. The van der Waals surface area contributed by atoms with Crippen molar-refractivity contribution in [2.24, 2.45) is 0 Å². The third-order valence-electron chi connectivity index (χ3n) is 2.67. The molecular weight excluding hydrogens is 356 g/mol. The van der Waals surface area contributed by atoms with E-state index in [1.165, 1.54) is 7.05 Å². The van der Waals surface area contributed by atoms with Crippen molar-refractivity contribution in [3.8, 4) is 5.75 Å². The molecule has 0 bridgehead atoms. The third kappa shape index (κ3) is 8.97. The number of nitrogens with one attached hydrogen (secondary N) is 1. The SMILES string of the molecule is CCOC(=O)C1CSCCN1.CN(OC(=O)Cl)Oc1ccccc1. The number of carbonyl (C=O) groups is 2. The maximum absolute atomic E-state index is 11.1. The van der Waals surface area contributed by atoms with Gasteiger partial charge < -0.3 is 19.7 Å². The van der Waals surface area contributed by atoms with E-state index in [1.807, 2.05) is 13.0 Å². The molecule has 0 aliphatic carbocycles. The van der Waals surface area contributed by atoms with Crippen molar-refractivity contribution in [3.05, 3.63) is 30.3 Å². The van der Waals surface area contributed by atoms with Crippen LogP contribution in [0.4, 0.5) is 4.79 Å². The van der Waals surface area contributed by atoms with Gasteiger partial charge in [-0.05, 0) is 19.1 Å². The number of para-hydroxylation sites is 1. The van der Waals surface area contributed by atoms with E-state index in [-0.39, 0.29) is 12.0 Å². The second kappa shape index (κ2) is 12.0. The first-order chi connectivity index (χ1) is 11.5. The fourth-order valence-electron chi connectivity index (χ4n) is 1.71. The summed E-state index contributed by atoms with van der Waals surface area (Å²) in [5, 5.41) is 3.99. The Morgan fingerprint density at radius 2 is 2.08 bits per heavy atom. The van der Waals surface area contributed by atoms with E-state index in [0.717, 1.165) is 23.3 Å². The van der Waals surface area contributed by atoms with E-state index < -0.39 is 5.43 Å². The van der Waals surface area contributed by atoms with Crippen LogP contribution in [0.15, 0.2) is 30.3 Å². The van der Waals surface area contributed by atoms with Crippen molar-refractivity contribution in [2.75, 3.05) is 31.7 Å². The van der Waals surface area contributed by atoms with Crippen molar-refractivity contribution < 1.29 is 24.0 Å². The van der Waals surface area contributed by atoms with Crippen LogP contribution in [-0.4, -0.2) is 54.4 Å².